The van der Waals surface area contributed by atoms with Gasteiger partial charge in [0.05, 0.1) is 18.4 Å². The van der Waals surface area contributed by atoms with Crippen molar-refractivity contribution >= 4 is 11.9 Å². The molecule has 1 aromatic rings. The molecule has 1 aliphatic carbocycles. The fourth-order valence-corrected chi connectivity index (χ4v) is 4.27. The monoisotopic (exact) mass is 416 g/mol. The number of carbonyl (C=O) groups excluding carboxylic acids is 2. The Labute approximate surface area is 182 Å². The second kappa shape index (κ2) is 12.8. The van der Waals surface area contributed by atoms with E-state index in [4.69, 9.17) is 9.47 Å². The van der Waals surface area contributed by atoms with Gasteiger partial charge >= 0.3 is 11.9 Å². The third-order valence-corrected chi connectivity index (χ3v) is 6.20. The highest BCUT2D eigenvalue weighted by atomic mass is 16.5. The lowest BCUT2D eigenvalue weighted by Crippen LogP contribution is -2.37. The Balaban J connectivity index is 1.82. The molecule has 0 spiro atoms. The molecule has 0 N–H and O–H groups in total. The van der Waals surface area contributed by atoms with E-state index in [9.17, 15) is 9.59 Å². The molecule has 0 radical (unpaired) electrons. The second-order valence-corrected chi connectivity index (χ2v) is 9.39. The summed E-state index contributed by atoms with van der Waals surface area (Å²) in [6.45, 7) is 8.96. The van der Waals surface area contributed by atoms with E-state index in [1.54, 1.807) is 0 Å². The van der Waals surface area contributed by atoms with E-state index < -0.39 is 5.92 Å². The summed E-state index contributed by atoms with van der Waals surface area (Å²) in [4.78, 5) is 25.6. The Bertz CT molecular complexity index is 640. The van der Waals surface area contributed by atoms with E-state index in [1.807, 2.05) is 37.3 Å². The van der Waals surface area contributed by atoms with Crippen LogP contribution in [-0.4, -0.2) is 18.5 Å². The molecule has 1 saturated carbocycles. The van der Waals surface area contributed by atoms with Gasteiger partial charge in [-0.1, -0.05) is 76.8 Å². The minimum atomic E-state index is -0.404. The SMILES string of the molecule is CC(C)CCCCCCOC(=O)C1CCC(C)CC1C(=O)OC(C)c1ccccc1. The number of ether oxygens (including phenoxy) is 2. The van der Waals surface area contributed by atoms with Crippen LogP contribution in [-0.2, 0) is 19.1 Å². The zero-order valence-corrected chi connectivity index (χ0v) is 19.3. The molecule has 4 heteroatoms. The lowest BCUT2D eigenvalue weighted by Gasteiger charge is -2.32. The lowest BCUT2D eigenvalue weighted by molar-refractivity contribution is -0.166. The van der Waals surface area contributed by atoms with Gasteiger partial charge in [-0.05, 0) is 50.0 Å². The van der Waals surface area contributed by atoms with Crippen molar-refractivity contribution in [2.45, 2.75) is 85.2 Å². The topological polar surface area (TPSA) is 52.6 Å². The van der Waals surface area contributed by atoms with E-state index in [-0.39, 0.29) is 24.0 Å². The average Bonchev–Trinajstić information content (AvgIpc) is 2.73. The van der Waals surface area contributed by atoms with Crippen LogP contribution in [0, 0.1) is 23.7 Å². The summed E-state index contributed by atoms with van der Waals surface area (Å²) in [5.74, 6) is -0.111. The maximum atomic E-state index is 12.9. The molecule has 1 aromatic carbocycles. The standard InChI is InChI=1S/C26H40O4/c1-19(2)12-8-5-6-11-17-29-25(27)23-16-15-20(3)18-24(23)26(28)30-21(4)22-13-9-7-10-14-22/h7,9-10,13-14,19-21,23-24H,5-6,8,11-12,15-18H2,1-4H3. The minimum Gasteiger partial charge on any atom is -0.465 e. The molecule has 1 fully saturated rings. The van der Waals surface area contributed by atoms with Crippen LogP contribution in [0.3, 0.4) is 0 Å². The van der Waals surface area contributed by atoms with E-state index in [0.717, 1.165) is 30.7 Å². The fourth-order valence-electron chi connectivity index (χ4n) is 4.27. The predicted octanol–water partition coefficient (Wildman–Crippen LogP) is 6.49. The third-order valence-electron chi connectivity index (χ3n) is 6.20. The molecule has 4 nitrogen and oxygen atoms in total. The number of hydrogen-bond donors (Lipinski definition) is 0. The van der Waals surface area contributed by atoms with Gasteiger partial charge in [-0.3, -0.25) is 9.59 Å². The van der Waals surface area contributed by atoms with Gasteiger partial charge in [0.2, 0.25) is 0 Å². The Morgan fingerprint density at radius 2 is 1.63 bits per heavy atom. The molecule has 2 rings (SSSR count). The van der Waals surface area contributed by atoms with Gasteiger partial charge in [-0.2, -0.15) is 0 Å². The number of esters is 2. The quantitative estimate of drug-likeness (QED) is 0.305. The molecular weight excluding hydrogens is 376 g/mol. The summed E-state index contributed by atoms with van der Waals surface area (Å²) in [6.07, 6.45) is 7.68. The number of benzene rings is 1. The van der Waals surface area contributed by atoms with Crippen molar-refractivity contribution in [1.29, 1.82) is 0 Å². The number of rotatable bonds is 11. The van der Waals surface area contributed by atoms with Crippen molar-refractivity contribution in [2.75, 3.05) is 6.61 Å². The molecule has 0 saturated heterocycles. The molecule has 0 amide bonds. The normalized spacial score (nSPS) is 22.5. The molecule has 4 unspecified atom stereocenters. The highest BCUT2D eigenvalue weighted by molar-refractivity contribution is 5.82. The Morgan fingerprint density at radius 1 is 0.933 bits per heavy atom. The first-order valence-electron chi connectivity index (χ1n) is 11.8. The first kappa shape index (κ1) is 24.4. The van der Waals surface area contributed by atoms with E-state index in [1.165, 1.54) is 19.3 Å². The van der Waals surface area contributed by atoms with Crippen molar-refractivity contribution < 1.29 is 19.1 Å². The highest BCUT2D eigenvalue weighted by Gasteiger charge is 2.40. The van der Waals surface area contributed by atoms with Crippen LogP contribution in [0.2, 0.25) is 0 Å². The number of unbranched alkanes of at least 4 members (excludes halogenated alkanes) is 3. The van der Waals surface area contributed by atoms with E-state index >= 15 is 0 Å². The average molecular weight is 417 g/mol. The molecule has 1 aliphatic rings. The Kier molecular flexibility index (Phi) is 10.4. The summed E-state index contributed by atoms with van der Waals surface area (Å²) >= 11 is 0. The van der Waals surface area contributed by atoms with Crippen LogP contribution < -0.4 is 0 Å². The van der Waals surface area contributed by atoms with Gasteiger partial charge in [0.25, 0.3) is 0 Å². The van der Waals surface area contributed by atoms with Gasteiger partial charge in [0.15, 0.2) is 0 Å². The molecule has 168 valence electrons. The molecule has 0 aliphatic heterocycles. The third kappa shape index (κ3) is 8.12. The molecule has 0 heterocycles. The predicted molar refractivity (Wildman–Crippen MR) is 120 cm³/mol. The van der Waals surface area contributed by atoms with Gasteiger partial charge in [-0.15, -0.1) is 0 Å². The zero-order valence-electron chi connectivity index (χ0n) is 19.3. The summed E-state index contributed by atoms with van der Waals surface area (Å²) in [6, 6.07) is 9.72. The zero-order chi connectivity index (χ0) is 21.9. The summed E-state index contributed by atoms with van der Waals surface area (Å²) in [5.41, 5.74) is 0.964. The van der Waals surface area contributed by atoms with Crippen molar-refractivity contribution in [3.8, 4) is 0 Å². The maximum absolute atomic E-state index is 12.9. The molecule has 0 bridgehead atoms. The van der Waals surface area contributed by atoms with Gasteiger partial charge in [-0.25, -0.2) is 0 Å². The van der Waals surface area contributed by atoms with E-state index in [2.05, 4.69) is 20.8 Å². The van der Waals surface area contributed by atoms with Gasteiger partial charge in [0.1, 0.15) is 6.10 Å². The summed E-state index contributed by atoms with van der Waals surface area (Å²) in [5, 5.41) is 0. The molecular formula is C26H40O4. The number of hydrogen-bond acceptors (Lipinski definition) is 4. The van der Waals surface area contributed by atoms with Crippen LogP contribution in [0.4, 0.5) is 0 Å². The van der Waals surface area contributed by atoms with E-state index in [0.29, 0.717) is 25.4 Å². The summed E-state index contributed by atoms with van der Waals surface area (Å²) in [7, 11) is 0. The fraction of sp³-hybridized carbons (Fsp3) is 0.692. The van der Waals surface area contributed by atoms with Crippen LogP contribution in [0.5, 0.6) is 0 Å². The van der Waals surface area contributed by atoms with Crippen LogP contribution in [0.15, 0.2) is 30.3 Å². The van der Waals surface area contributed by atoms with Crippen LogP contribution >= 0.6 is 0 Å². The van der Waals surface area contributed by atoms with Crippen molar-refractivity contribution in [3.63, 3.8) is 0 Å². The molecule has 4 atom stereocenters. The first-order valence-corrected chi connectivity index (χ1v) is 11.8. The van der Waals surface area contributed by atoms with Crippen molar-refractivity contribution in [1.82, 2.24) is 0 Å². The highest BCUT2D eigenvalue weighted by Crippen LogP contribution is 2.36. The Hall–Kier alpha value is -1.84. The molecule has 30 heavy (non-hydrogen) atoms. The van der Waals surface area contributed by atoms with Crippen LogP contribution in [0.25, 0.3) is 0 Å². The lowest BCUT2D eigenvalue weighted by atomic mass is 9.74. The summed E-state index contributed by atoms with van der Waals surface area (Å²) < 4.78 is 11.3. The van der Waals surface area contributed by atoms with Crippen molar-refractivity contribution in [3.05, 3.63) is 35.9 Å². The largest absolute Gasteiger partial charge is 0.465 e. The maximum Gasteiger partial charge on any atom is 0.310 e. The van der Waals surface area contributed by atoms with Crippen LogP contribution in [0.1, 0.15) is 90.7 Å². The van der Waals surface area contributed by atoms with Gasteiger partial charge in [0, 0.05) is 0 Å². The van der Waals surface area contributed by atoms with Crippen molar-refractivity contribution in [2.24, 2.45) is 23.7 Å². The minimum absolute atomic E-state index is 0.224. The van der Waals surface area contributed by atoms with Gasteiger partial charge < -0.3 is 9.47 Å². The first-order chi connectivity index (χ1) is 14.4. The second-order valence-electron chi connectivity index (χ2n) is 9.39. The Morgan fingerprint density at radius 3 is 2.33 bits per heavy atom. The smallest absolute Gasteiger partial charge is 0.310 e. The number of carbonyl (C=O) groups is 2. The molecule has 0 aromatic heterocycles.